The van der Waals surface area contributed by atoms with Crippen molar-refractivity contribution in [1.82, 2.24) is 4.98 Å². The molecule has 0 spiro atoms. The van der Waals surface area contributed by atoms with Gasteiger partial charge in [0.05, 0.1) is 0 Å². The highest BCUT2D eigenvalue weighted by Gasteiger charge is 2.38. The SMILES string of the molecule is CSC1c2ccncc2C1C(C)C. The summed E-state index contributed by atoms with van der Waals surface area (Å²) in [4.78, 5) is 4.19. The minimum atomic E-state index is 0.706. The molecule has 0 fully saturated rings. The Bertz CT molecular complexity index is 309. The molecule has 70 valence electrons. The van der Waals surface area contributed by atoms with Crippen molar-refractivity contribution in [2.24, 2.45) is 5.92 Å². The van der Waals surface area contributed by atoms with Gasteiger partial charge in [0.1, 0.15) is 0 Å². The summed E-state index contributed by atoms with van der Waals surface area (Å²) in [6, 6.07) is 2.16. The van der Waals surface area contributed by atoms with Crippen LogP contribution in [0, 0.1) is 5.92 Å². The first-order chi connectivity index (χ1) is 6.25. The van der Waals surface area contributed by atoms with Gasteiger partial charge in [0.25, 0.3) is 0 Å². The lowest BCUT2D eigenvalue weighted by Crippen LogP contribution is -2.26. The first kappa shape index (κ1) is 9.07. The molecule has 1 aromatic heterocycles. The molecule has 0 saturated heterocycles. The van der Waals surface area contributed by atoms with Crippen LogP contribution >= 0.6 is 11.8 Å². The Morgan fingerprint density at radius 3 is 2.77 bits per heavy atom. The molecule has 1 nitrogen and oxygen atoms in total. The molecular weight excluding hydrogens is 178 g/mol. The van der Waals surface area contributed by atoms with Crippen LogP contribution in [0.15, 0.2) is 18.5 Å². The first-order valence-corrected chi connectivity index (χ1v) is 6.01. The number of fused-ring (bicyclic) bond motifs is 1. The zero-order chi connectivity index (χ0) is 9.42. The van der Waals surface area contributed by atoms with E-state index in [2.05, 4.69) is 31.2 Å². The first-order valence-electron chi connectivity index (χ1n) is 4.72. The fraction of sp³-hybridized carbons (Fsp3) is 0.545. The molecule has 2 unspecified atom stereocenters. The van der Waals surface area contributed by atoms with E-state index in [0.717, 1.165) is 11.8 Å². The van der Waals surface area contributed by atoms with Gasteiger partial charge in [-0.2, -0.15) is 11.8 Å². The van der Waals surface area contributed by atoms with E-state index in [0.29, 0.717) is 5.25 Å². The summed E-state index contributed by atoms with van der Waals surface area (Å²) in [5.74, 6) is 1.45. The Labute approximate surface area is 84.0 Å². The number of thioether (sulfide) groups is 1. The molecule has 1 aliphatic carbocycles. The number of aromatic nitrogens is 1. The molecule has 2 heteroatoms. The summed E-state index contributed by atoms with van der Waals surface area (Å²) in [5, 5.41) is 0.706. The Balaban J connectivity index is 2.35. The van der Waals surface area contributed by atoms with E-state index >= 15 is 0 Å². The number of pyridine rings is 1. The molecule has 0 aromatic carbocycles. The summed E-state index contributed by atoms with van der Waals surface area (Å²) in [7, 11) is 0. The van der Waals surface area contributed by atoms with Crippen LogP contribution in [-0.4, -0.2) is 11.2 Å². The van der Waals surface area contributed by atoms with Crippen molar-refractivity contribution in [2.45, 2.75) is 25.0 Å². The predicted octanol–water partition coefficient (Wildman–Crippen LogP) is 3.24. The maximum atomic E-state index is 4.19. The van der Waals surface area contributed by atoms with E-state index in [-0.39, 0.29) is 0 Å². The zero-order valence-electron chi connectivity index (χ0n) is 8.32. The normalized spacial score (nSPS) is 25.5. The number of nitrogens with zero attached hydrogens (tertiary/aromatic N) is 1. The Morgan fingerprint density at radius 1 is 1.38 bits per heavy atom. The van der Waals surface area contributed by atoms with Crippen LogP contribution in [0.4, 0.5) is 0 Å². The maximum absolute atomic E-state index is 4.19. The average molecular weight is 193 g/mol. The van der Waals surface area contributed by atoms with Crippen LogP contribution in [0.5, 0.6) is 0 Å². The van der Waals surface area contributed by atoms with Gasteiger partial charge in [0, 0.05) is 23.6 Å². The quantitative estimate of drug-likeness (QED) is 0.715. The van der Waals surface area contributed by atoms with Gasteiger partial charge < -0.3 is 0 Å². The fourth-order valence-electron chi connectivity index (χ4n) is 2.20. The summed E-state index contributed by atoms with van der Waals surface area (Å²) in [5.41, 5.74) is 2.97. The molecule has 0 aliphatic heterocycles. The second kappa shape index (κ2) is 3.33. The Morgan fingerprint density at radius 2 is 2.15 bits per heavy atom. The summed E-state index contributed by atoms with van der Waals surface area (Å²) >= 11 is 1.96. The summed E-state index contributed by atoms with van der Waals surface area (Å²) in [6.45, 7) is 4.59. The fourth-order valence-corrected chi connectivity index (χ4v) is 3.42. The predicted molar refractivity (Wildman–Crippen MR) is 58.1 cm³/mol. The second-order valence-corrected chi connectivity index (χ2v) is 4.91. The van der Waals surface area contributed by atoms with Crippen molar-refractivity contribution in [2.75, 3.05) is 6.26 Å². The third-order valence-corrected chi connectivity index (χ3v) is 3.91. The van der Waals surface area contributed by atoms with E-state index < -0.39 is 0 Å². The molecule has 0 saturated carbocycles. The molecule has 1 aromatic rings. The Kier molecular flexibility index (Phi) is 2.33. The molecule has 0 radical (unpaired) electrons. The molecule has 2 rings (SSSR count). The minimum absolute atomic E-state index is 0.706. The third kappa shape index (κ3) is 1.28. The standard InChI is InChI=1S/C11H15NS/c1-7(2)10-9-6-12-5-4-8(9)11(10)13-3/h4-7,10-11H,1-3H3. The number of rotatable bonds is 2. The van der Waals surface area contributed by atoms with Crippen molar-refractivity contribution in [3.8, 4) is 0 Å². The van der Waals surface area contributed by atoms with Gasteiger partial charge in [0.15, 0.2) is 0 Å². The Hall–Kier alpha value is -0.500. The third-order valence-electron chi connectivity index (χ3n) is 2.85. The molecule has 0 N–H and O–H groups in total. The maximum Gasteiger partial charge on any atom is 0.0370 e. The molecule has 2 atom stereocenters. The minimum Gasteiger partial charge on any atom is -0.264 e. The molecule has 13 heavy (non-hydrogen) atoms. The number of hydrogen-bond donors (Lipinski definition) is 0. The van der Waals surface area contributed by atoms with Crippen LogP contribution in [-0.2, 0) is 0 Å². The highest BCUT2D eigenvalue weighted by atomic mass is 32.2. The van der Waals surface area contributed by atoms with Gasteiger partial charge in [-0.15, -0.1) is 0 Å². The van der Waals surface area contributed by atoms with Crippen LogP contribution in [0.1, 0.15) is 36.1 Å². The summed E-state index contributed by atoms with van der Waals surface area (Å²) < 4.78 is 0. The van der Waals surface area contributed by atoms with Gasteiger partial charge in [-0.1, -0.05) is 13.8 Å². The van der Waals surface area contributed by atoms with E-state index in [1.807, 2.05) is 24.2 Å². The molecule has 0 bridgehead atoms. The lowest BCUT2D eigenvalue weighted by Gasteiger charge is -2.40. The largest absolute Gasteiger partial charge is 0.264 e. The van der Waals surface area contributed by atoms with Gasteiger partial charge in [-0.3, -0.25) is 4.98 Å². The molecule has 1 aliphatic rings. The van der Waals surface area contributed by atoms with Gasteiger partial charge >= 0.3 is 0 Å². The van der Waals surface area contributed by atoms with E-state index in [1.54, 1.807) is 0 Å². The van der Waals surface area contributed by atoms with Gasteiger partial charge in [-0.25, -0.2) is 0 Å². The molecule has 0 amide bonds. The second-order valence-electron chi connectivity index (χ2n) is 3.93. The number of hydrogen-bond acceptors (Lipinski definition) is 2. The molecule has 1 heterocycles. The lowest BCUT2D eigenvalue weighted by molar-refractivity contribution is 0.441. The monoisotopic (exact) mass is 193 g/mol. The topological polar surface area (TPSA) is 12.9 Å². The van der Waals surface area contributed by atoms with Crippen LogP contribution in [0.25, 0.3) is 0 Å². The van der Waals surface area contributed by atoms with Crippen molar-refractivity contribution in [3.63, 3.8) is 0 Å². The lowest BCUT2D eigenvalue weighted by atomic mass is 9.72. The van der Waals surface area contributed by atoms with Crippen molar-refractivity contribution in [3.05, 3.63) is 29.6 Å². The van der Waals surface area contributed by atoms with Crippen LogP contribution in [0.2, 0.25) is 0 Å². The van der Waals surface area contributed by atoms with Crippen molar-refractivity contribution < 1.29 is 0 Å². The van der Waals surface area contributed by atoms with Crippen molar-refractivity contribution in [1.29, 1.82) is 0 Å². The van der Waals surface area contributed by atoms with Gasteiger partial charge in [-0.05, 0) is 29.4 Å². The average Bonchev–Trinajstić information content (AvgIpc) is 2.07. The van der Waals surface area contributed by atoms with Crippen LogP contribution < -0.4 is 0 Å². The van der Waals surface area contributed by atoms with E-state index in [1.165, 1.54) is 11.1 Å². The summed E-state index contributed by atoms with van der Waals surface area (Å²) in [6.07, 6.45) is 6.13. The highest BCUT2D eigenvalue weighted by Crippen LogP contribution is 2.54. The van der Waals surface area contributed by atoms with Crippen LogP contribution in [0.3, 0.4) is 0 Å². The molecular formula is C11H15NS. The highest BCUT2D eigenvalue weighted by molar-refractivity contribution is 7.98. The van der Waals surface area contributed by atoms with Gasteiger partial charge in [0.2, 0.25) is 0 Å². The van der Waals surface area contributed by atoms with E-state index in [4.69, 9.17) is 0 Å². The van der Waals surface area contributed by atoms with Crippen molar-refractivity contribution >= 4 is 11.8 Å². The zero-order valence-corrected chi connectivity index (χ0v) is 9.14. The smallest absolute Gasteiger partial charge is 0.0370 e. The van der Waals surface area contributed by atoms with E-state index in [9.17, 15) is 0 Å².